The summed E-state index contributed by atoms with van der Waals surface area (Å²) in [6, 6.07) is 1.81. The maximum Gasteiger partial charge on any atom is 0.247 e. The maximum atomic E-state index is 12.6. The number of hydrogen-bond donors (Lipinski definition) is 1. The Morgan fingerprint density at radius 2 is 2.19 bits per heavy atom. The molecule has 0 saturated carbocycles. The van der Waals surface area contributed by atoms with Gasteiger partial charge in [0.25, 0.3) is 0 Å². The van der Waals surface area contributed by atoms with E-state index in [0.717, 1.165) is 16.7 Å². The van der Waals surface area contributed by atoms with E-state index in [1.165, 1.54) is 0 Å². The number of amides is 1. The van der Waals surface area contributed by atoms with Gasteiger partial charge in [-0.3, -0.25) is 14.2 Å². The van der Waals surface area contributed by atoms with Gasteiger partial charge in [-0.1, -0.05) is 0 Å². The van der Waals surface area contributed by atoms with Gasteiger partial charge < -0.3 is 5.32 Å². The molecule has 1 N–H and O–H groups in total. The van der Waals surface area contributed by atoms with Crippen molar-refractivity contribution in [1.82, 2.24) is 24.9 Å². The summed E-state index contributed by atoms with van der Waals surface area (Å²) in [4.78, 5) is 12.6. The lowest BCUT2D eigenvalue weighted by Gasteiger charge is -2.26. The van der Waals surface area contributed by atoms with Crippen LogP contribution in [0.25, 0.3) is 0 Å². The standard InChI is InChI=1S/C14H20BrN5O/c1-5-19-12(6-7-16-19)10(2)18-13(21)14(3,4)20-9-11(15)8-17-20/h6-10H,5H2,1-4H3,(H,18,21). The highest BCUT2D eigenvalue weighted by atomic mass is 79.9. The first-order valence-corrected chi connectivity index (χ1v) is 7.69. The zero-order valence-corrected chi connectivity index (χ0v) is 14.3. The van der Waals surface area contributed by atoms with Crippen molar-refractivity contribution in [3.63, 3.8) is 0 Å². The fourth-order valence-corrected chi connectivity index (χ4v) is 2.42. The SMILES string of the molecule is CCn1nccc1C(C)NC(=O)C(C)(C)n1cc(Br)cn1. The molecule has 6 nitrogen and oxygen atoms in total. The molecule has 0 bridgehead atoms. The minimum Gasteiger partial charge on any atom is -0.346 e. The van der Waals surface area contributed by atoms with Gasteiger partial charge in [0.15, 0.2) is 0 Å². The van der Waals surface area contributed by atoms with E-state index in [2.05, 4.69) is 31.4 Å². The minimum atomic E-state index is -0.767. The summed E-state index contributed by atoms with van der Waals surface area (Å²) in [5.41, 5.74) is 0.223. The van der Waals surface area contributed by atoms with Gasteiger partial charge >= 0.3 is 0 Å². The van der Waals surface area contributed by atoms with Crippen molar-refractivity contribution in [2.75, 3.05) is 0 Å². The van der Waals surface area contributed by atoms with Crippen LogP contribution in [0.15, 0.2) is 29.1 Å². The van der Waals surface area contributed by atoms with Crippen LogP contribution in [0.2, 0.25) is 0 Å². The molecule has 0 spiro atoms. The van der Waals surface area contributed by atoms with Gasteiger partial charge in [-0.25, -0.2) is 0 Å². The summed E-state index contributed by atoms with van der Waals surface area (Å²) in [5.74, 6) is -0.0885. The molecular formula is C14H20BrN5O. The Labute approximate surface area is 132 Å². The van der Waals surface area contributed by atoms with Crippen molar-refractivity contribution < 1.29 is 4.79 Å². The lowest BCUT2D eigenvalue weighted by Crippen LogP contribution is -2.45. The number of nitrogens with zero attached hydrogens (tertiary/aromatic N) is 4. The average molecular weight is 354 g/mol. The molecule has 0 aliphatic heterocycles. The van der Waals surface area contributed by atoms with Crippen LogP contribution >= 0.6 is 15.9 Å². The third-order valence-corrected chi connectivity index (χ3v) is 3.93. The number of nitrogens with one attached hydrogen (secondary N) is 1. The summed E-state index contributed by atoms with van der Waals surface area (Å²) in [6.07, 6.45) is 5.21. The molecule has 2 aromatic rings. The molecular weight excluding hydrogens is 334 g/mol. The zero-order chi connectivity index (χ0) is 15.6. The number of carbonyl (C=O) groups is 1. The van der Waals surface area contributed by atoms with Crippen LogP contribution < -0.4 is 5.32 Å². The third kappa shape index (κ3) is 3.18. The van der Waals surface area contributed by atoms with Crippen molar-refractivity contribution >= 4 is 21.8 Å². The van der Waals surface area contributed by atoms with E-state index < -0.39 is 5.54 Å². The smallest absolute Gasteiger partial charge is 0.247 e. The topological polar surface area (TPSA) is 64.7 Å². The highest BCUT2D eigenvalue weighted by Crippen LogP contribution is 2.20. The van der Waals surface area contributed by atoms with E-state index >= 15 is 0 Å². The maximum absolute atomic E-state index is 12.6. The predicted molar refractivity (Wildman–Crippen MR) is 83.7 cm³/mol. The second-order valence-electron chi connectivity index (χ2n) is 5.43. The molecule has 1 unspecified atom stereocenters. The molecule has 21 heavy (non-hydrogen) atoms. The molecule has 0 radical (unpaired) electrons. The summed E-state index contributed by atoms with van der Waals surface area (Å²) in [7, 11) is 0. The molecule has 0 saturated heterocycles. The van der Waals surface area contributed by atoms with Gasteiger partial charge in [-0.05, 0) is 49.7 Å². The molecule has 0 aromatic carbocycles. The van der Waals surface area contributed by atoms with Crippen molar-refractivity contribution in [1.29, 1.82) is 0 Å². The molecule has 2 rings (SSSR count). The fraction of sp³-hybridized carbons (Fsp3) is 0.500. The van der Waals surface area contributed by atoms with Crippen molar-refractivity contribution in [3.05, 3.63) is 34.8 Å². The average Bonchev–Trinajstić information content (AvgIpc) is 3.06. The number of aromatic nitrogens is 4. The number of halogens is 1. The van der Waals surface area contributed by atoms with Gasteiger partial charge in [0.05, 0.1) is 22.4 Å². The quantitative estimate of drug-likeness (QED) is 0.897. The molecule has 0 fully saturated rings. The molecule has 2 aromatic heterocycles. The van der Waals surface area contributed by atoms with Crippen molar-refractivity contribution in [2.24, 2.45) is 0 Å². The number of rotatable bonds is 5. The molecule has 0 aliphatic rings. The molecule has 114 valence electrons. The summed E-state index contributed by atoms with van der Waals surface area (Å²) < 4.78 is 4.37. The Bertz CT molecular complexity index is 631. The van der Waals surface area contributed by atoms with E-state index in [1.54, 1.807) is 23.3 Å². The van der Waals surface area contributed by atoms with Crippen LogP contribution in [0, 0.1) is 0 Å². The first-order chi connectivity index (χ1) is 9.86. The molecule has 7 heteroatoms. The lowest BCUT2D eigenvalue weighted by molar-refractivity contribution is -0.129. The van der Waals surface area contributed by atoms with Gasteiger partial charge in [0.1, 0.15) is 5.54 Å². The minimum absolute atomic E-state index is 0.0885. The molecule has 0 aliphatic carbocycles. The van der Waals surface area contributed by atoms with E-state index in [9.17, 15) is 4.79 Å². The second kappa shape index (κ2) is 6.01. The first-order valence-electron chi connectivity index (χ1n) is 6.89. The monoisotopic (exact) mass is 353 g/mol. The van der Waals surface area contributed by atoms with E-state index in [4.69, 9.17) is 0 Å². The Morgan fingerprint density at radius 3 is 2.76 bits per heavy atom. The number of hydrogen-bond acceptors (Lipinski definition) is 3. The first kappa shape index (κ1) is 15.8. The van der Waals surface area contributed by atoms with Gasteiger partial charge in [0.2, 0.25) is 5.91 Å². The van der Waals surface area contributed by atoms with Crippen LogP contribution in [0.3, 0.4) is 0 Å². The highest BCUT2D eigenvalue weighted by Gasteiger charge is 2.32. The van der Waals surface area contributed by atoms with Crippen LogP contribution in [0.4, 0.5) is 0 Å². The summed E-state index contributed by atoms with van der Waals surface area (Å²) in [5, 5.41) is 11.5. The molecule has 1 atom stereocenters. The second-order valence-corrected chi connectivity index (χ2v) is 6.34. The van der Waals surface area contributed by atoms with E-state index in [0.29, 0.717) is 0 Å². The van der Waals surface area contributed by atoms with Gasteiger partial charge in [-0.2, -0.15) is 10.2 Å². The Morgan fingerprint density at radius 1 is 1.48 bits per heavy atom. The third-order valence-electron chi connectivity index (χ3n) is 3.52. The predicted octanol–water partition coefficient (Wildman–Crippen LogP) is 2.47. The summed E-state index contributed by atoms with van der Waals surface area (Å²) >= 11 is 3.35. The van der Waals surface area contributed by atoms with Crippen LogP contribution in [-0.2, 0) is 16.9 Å². The lowest BCUT2D eigenvalue weighted by atomic mass is 10.0. The van der Waals surface area contributed by atoms with Gasteiger partial charge in [0, 0.05) is 18.9 Å². The van der Waals surface area contributed by atoms with Crippen LogP contribution in [-0.4, -0.2) is 25.5 Å². The zero-order valence-electron chi connectivity index (χ0n) is 12.7. The number of aryl methyl sites for hydroxylation is 1. The van der Waals surface area contributed by atoms with Crippen molar-refractivity contribution in [3.8, 4) is 0 Å². The summed E-state index contributed by atoms with van der Waals surface area (Å²) in [6.45, 7) is 8.43. The highest BCUT2D eigenvalue weighted by molar-refractivity contribution is 9.10. The van der Waals surface area contributed by atoms with Crippen molar-refractivity contribution in [2.45, 2.75) is 45.8 Å². The Kier molecular flexibility index (Phi) is 4.51. The van der Waals surface area contributed by atoms with Crippen LogP contribution in [0.5, 0.6) is 0 Å². The largest absolute Gasteiger partial charge is 0.346 e. The fourth-order valence-electron chi connectivity index (χ4n) is 2.13. The van der Waals surface area contributed by atoms with E-state index in [1.807, 2.05) is 38.4 Å². The Hall–Kier alpha value is -1.63. The molecule has 2 heterocycles. The van der Waals surface area contributed by atoms with Gasteiger partial charge in [-0.15, -0.1) is 0 Å². The normalized spacial score (nSPS) is 13.2. The van der Waals surface area contributed by atoms with Crippen LogP contribution in [0.1, 0.15) is 39.4 Å². The number of carbonyl (C=O) groups excluding carboxylic acids is 1. The van der Waals surface area contributed by atoms with E-state index in [-0.39, 0.29) is 11.9 Å². The molecule has 1 amide bonds. The Balaban J connectivity index is 2.13.